The summed E-state index contributed by atoms with van der Waals surface area (Å²) in [7, 11) is 0. The van der Waals surface area contributed by atoms with Crippen LogP contribution in [0.5, 0.6) is 0 Å². The Bertz CT molecular complexity index is 2020. The van der Waals surface area contributed by atoms with Gasteiger partial charge < -0.3 is 87.9 Å². The number of nitrogens with zero attached hydrogens (tertiary/aromatic N) is 1. The molecular weight excluding hydrogens is 925 g/mol. The average Bonchev–Trinajstić information content (AvgIpc) is 3.25. The van der Waals surface area contributed by atoms with E-state index in [-0.39, 0.29) is 30.6 Å². The molecule has 0 spiro atoms. The topological polar surface area (TPSA) is 441 Å². The molecule has 0 aromatic rings. The predicted molar refractivity (Wildman–Crippen MR) is 223 cm³/mol. The summed E-state index contributed by atoms with van der Waals surface area (Å²) in [6.45, 7) is 6.28. The smallest absolute Gasteiger partial charge is 0.253 e. The monoisotopic (exact) mass is 981 g/mol. The summed E-state index contributed by atoms with van der Waals surface area (Å²) in [4.78, 5) is 162. The van der Waals surface area contributed by atoms with E-state index >= 15 is 0 Å². The second-order valence-corrected chi connectivity index (χ2v) is 17.1. The van der Waals surface area contributed by atoms with Crippen molar-refractivity contribution in [2.24, 2.45) is 0 Å². The molecule has 1 fully saturated rings. The number of β-lactam (4-membered cyclic amide) rings is 1. The molecule has 0 bridgehead atoms. The number of carboxylic acids is 4. The highest BCUT2D eigenvalue weighted by Gasteiger charge is 2.53. The highest BCUT2D eigenvalue weighted by atomic mass is 32.2. The molecule has 1 saturated heterocycles. The Kier molecular flexibility index (Phi) is 22.8. The van der Waals surface area contributed by atoms with Crippen LogP contribution < -0.4 is 68.7 Å². The van der Waals surface area contributed by atoms with Crippen LogP contribution in [0.25, 0.3) is 0 Å². The Morgan fingerprint density at radius 1 is 0.603 bits per heavy atom. The Morgan fingerprint density at radius 2 is 1.10 bits per heavy atom. The fraction of sp³-hybridized carbons (Fsp3) is 0.625. The lowest BCUT2D eigenvalue weighted by Crippen LogP contribution is -2.72. The highest BCUT2D eigenvalue weighted by molar-refractivity contribution is 8.00. The average molecular weight is 982 g/mol. The van der Waals surface area contributed by atoms with E-state index in [9.17, 15) is 82.8 Å². The number of hydrogen-bond acceptors (Lipinski definition) is 18. The summed E-state index contributed by atoms with van der Waals surface area (Å²) >= 11 is 1.02. The van der Waals surface area contributed by atoms with Crippen molar-refractivity contribution < 1.29 is 88.5 Å². The third kappa shape index (κ3) is 17.8. The van der Waals surface area contributed by atoms with E-state index in [0.717, 1.165) is 37.4 Å². The molecule has 2 aliphatic rings. The zero-order chi connectivity index (χ0) is 51.6. The minimum atomic E-state index is -1.80. The number of hydrogen-bond donors (Lipinski definition) is 9. The zero-order valence-corrected chi connectivity index (χ0v) is 38.8. The van der Waals surface area contributed by atoms with Crippen LogP contribution in [0.1, 0.15) is 92.4 Å². The first kappa shape index (κ1) is 57.3. The molecule has 11 N–H and O–H groups in total. The van der Waals surface area contributed by atoms with Gasteiger partial charge in [0.05, 0.1) is 54.2 Å². The Labute approximate surface area is 393 Å². The van der Waals surface area contributed by atoms with Crippen molar-refractivity contribution in [3.63, 3.8) is 0 Å². The van der Waals surface area contributed by atoms with Crippen LogP contribution >= 0.6 is 11.8 Å². The number of aliphatic carboxylic acids is 4. The van der Waals surface area contributed by atoms with Crippen molar-refractivity contribution in [3.8, 4) is 0 Å². The molecule has 27 nitrogen and oxygen atoms in total. The van der Waals surface area contributed by atoms with Crippen molar-refractivity contribution >= 4 is 88.8 Å². The molecule has 2 rings (SSSR count). The van der Waals surface area contributed by atoms with Crippen molar-refractivity contribution in [2.45, 2.75) is 146 Å². The largest absolute Gasteiger partial charge is 0.548 e. The first-order chi connectivity index (χ1) is 31.8. The third-order valence-corrected chi connectivity index (χ3v) is 11.8. The van der Waals surface area contributed by atoms with E-state index in [1.165, 1.54) is 13.8 Å². The standard InChI is InChI=1S/C40H60N10O17S/c1-17(42-20(4)51)32(56)48-26(39(64)65)12-14-27(53)46-23(8-6-7-15-41)34(58)49-29-35(59)50-30(40(66)67)22(16-68-36(29)50)9-10-24(33(57)43-18(2)31(55)44-19(3)37(60)61)47-28(54)13-11-25(38(62)63)45-21(5)52/h17-19,23-26,29,36H,6-16,41H2,1-5H3,(H,42,51)(H,43,57)(H,44,55)(H,45,52)(H,46,53)(H,47,54)(H,48,56)(H,49,58)(H,60,61)(H,62,63)(H,64,65)(H,66,67)/p-3/t17-,18+,19+,23?,24+,25+,26+,29-,36-/m1/s1. The Hall–Kier alpha value is -6.84. The molecule has 2 aliphatic heterocycles. The van der Waals surface area contributed by atoms with Gasteiger partial charge in [-0.15, -0.1) is 11.8 Å². The molecule has 1 unspecified atom stereocenters. The normalized spacial score (nSPS) is 18.2. The molecule has 0 aromatic carbocycles. The fourth-order valence-corrected chi connectivity index (χ4v) is 8.16. The van der Waals surface area contributed by atoms with Crippen LogP contribution in [-0.2, 0) is 62.3 Å². The van der Waals surface area contributed by atoms with Gasteiger partial charge in [-0.25, -0.2) is 0 Å². The number of rotatable bonds is 29. The second kappa shape index (κ2) is 27.1. The van der Waals surface area contributed by atoms with E-state index in [4.69, 9.17) is 0 Å². The first-order valence-electron chi connectivity index (χ1n) is 21.4. The van der Waals surface area contributed by atoms with Gasteiger partial charge in [-0.3, -0.25) is 48.1 Å². The lowest BCUT2D eigenvalue weighted by Gasteiger charge is -2.51. The lowest BCUT2D eigenvalue weighted by molar-refractivity contribution is -0.368. The van der Waals surface area contributed by atoms with Gasteiger partial charge in [-0.05, 0) is 71.3 Å². The number of amides is 9. The summed E-state index contributed by atoms with van der Waals surface area (Å²) in [6.07, 6.45) is -1.69. The number of thioether (sulfide) groups is 1. The summed E-state index contributed by atoms with van der Waals surface area (Å²) in [5, 5.41) is 64.3. The molecule has 0 aromatic heterocycles. The fourth-order valence-electron chi connectivity index (χ4n) is 6.77. The maximum atomic E-state index is 13.6. The number of quaternary nitrogens is 1. The van der Waals surface area contributed by atoms with E-state index in [0.29, 0.717) is 19.4 Å². The second-order valence-electron chi connectivity index (χ2n) is 16.0. The molecule has 0 saturated carbocycles. The van der Waals surface area contributed by atoms with Gasteiger partial charge in [0.15, 0.2) is 0 Å². The van der Waals surface area contributed by atoms with E-state index in [1.807, 2.05) is 0 Å². The van der Waals surface area contributed by atoms with Gasteiger partial charge in [0.25, 0.3) is 5.91 Å². The third-order valence-electron chi connectivity index (χ3n) is 10.4. The van der Waals surface area contributed by atoms with Crippen molar-refractivity contribution in [1.29, 1.82) is 0 Å². The van der Waals surface area contributed by atoms with Crippen LogP contribution in [0.15, 0.2) is 11.3 Å². The molecule has 9 amide bonds. The van der Waals surface area contributed by atoms with Gasteiger partial charge in [0, 0.05) is 32.4 Å². The SMILES string of the molecule is CC(=O)N[C@@H](CCC(=O)N[C@@H](CCC1=C(C(=O)[O-])N2C(=O)[C@@H](NC(=O)C(CCCC[NH3+])NC(=O)CC[C@H](NC(=O)[C@@H](C)NC(C)=O)C(=O)[O-])[C@H]2SC1)C(=O)N[C@@H](C)C(=O)N[C@@H](C)C(=O)[O-])C(=O)[O-]. The summed E-state index contributed by atoms with van der Waals surface area (Å²) in [5.74, 6) is -14.4. The number of fused-ring (bicyclic) bond motifs is 1. The Balaban J connectivity index is 2.26. The minimum absolute atomic E-state index is 0.0546. The molecule has 378 valence electrons. The van der Waals surface area contributed by atoms with Crippen LogP contribution in [-0.4, -0.2) is 148 Å². The molecule has 68 heavy (non-hydrogen) atoms. The van der Waals surface area contributed by atoms with E-state index in [2.05, 4.69) is 48.3 Å². The van der Waals surface area contributed by atoms with Gasteiger partial charge in [0.2, 0.25) is 47.3 Å². The van der Waals surface area contributed by atoms with Crippen LogP contribution in [0, 0.1) is 0 Å². The van der Waals surface area contributed by atoms with Crippen molar-refractivity contribution in [2.75, 3.05) is 12.3 Å². The van der Waals surface area contributed by atoms with Crippen molar-refractivity contribution in [1.82, 2.24) is 47.4 Å². The summed E-state index contributed by atoms with van der Waals surface area (Å²) in [5.41, 5.74) is 3.21. The quantitative estimate of drug-likeness (QED) is 0.0248. The van der Waals surface area contributed by atoms with Crippen LogP contribution in [0.4, 0.5) is 0 Å². The molecule has 2 heterocycles. The predicted octanol–water partition coefficient (Wildman–Crippen LogP) is -10.1. The number of carbonyl (C=O) groups is 13. The highest BCUT2D eigenvalue weighted by Crippen LogP contribution is 2.41. The molecule has 0 radical (unpaired) electrons. The maximum Gasteiger partial charge on any atom is 0.253 e. The van der Waals surface area contributed by atoms with E-state index in [1.54, 1.807) is 0 Å². The molecular formula is C40H57N10O17S-3. The van der Waals surface area contributed by atoms with Gasteiger partial charge in [-0.2, -0.15) is 0 Å². The van der Waals surface area contributed by atoms with Crippen LogP contribution in [0.2, 0.25) is 0 Å². The van der Waals surface area contributed by atoms with Crippen molar-refractivity contribution in [3.05, 3.63) is 11.3 Å². The number of carboxylic acid groups (broad SMARTS) is 4. The maximum absolute atomic E-state index is 13.6. The number of nitrogens with one attached hydrogen (secondary N) is 8. The van der Waals surface area contributed by atoms with Gasteiger partial charge >= 0.3 is 0 Å². The summed E-state index contributed by atoms with van der Waals surface area (Å²) < 4.78 is 0. The van der Waals surface area contributed by atoms with Gasteiger partial charge in [-0.1, -0.05) is 0 Å². The molecule has 9 atom stereocenters. The first-order valence-corrected chi connectivity index (χ1v) is 22.5. The number of carbonyl (C=O) groups excluding carboxylic acids is 13. The summed E-state index contributed by atoms with van der Waals surface area (Å²) in [6, 6.07) is -11.3. The van der Waals surface area contributed by atoms with Crippen LogP contribution in [0.3, 0.4) is 0 Å². The Morgan fingerprint density at radius 3 is 1.60 bits per heavy atom. The van der Waals surface area contributed by atoms with E-state index < -0.39 is 162 Å². The molecule has 0 aliphatic carbocycles. The lowest BCUT2D eigenvalue weighted by atomic mass is 9.98. The minimum Gasteiger partial charge on any atom is -0.548 e. The molecule has 28 heteroatoms. The zero-order valence-electron chi connectivity index (χ0n) is 38.0. The number of unbranched alkanes of at least 4 members (excludes halogenated alkanes) is 1. The van der Waals surface area contributed by atoms with Gasteiger partial charge in [0.1, 0.15) is 35.6 Å².